The Balaban J connectivity index is 2.39. The van der Waals surface area contributed by atoms with Crippen LogP contribution in [0, 0.1) is 27.3 Å². The van der Waals surface area contributed by atoms with E-state index in [-0.39, 0.29) is 16.6 Å². The van der Waals surface area contributed by atoms with Gasteiger partial charge in [-0.15, -0.1) is 0 Å². The van der Waals surface area contributed by atoms with E-state index in [1.54, 1.807) is 6.07 Å². The van der Waals surface area contributed by atoms with Crippen LogP contribution in [-0.4, -0.2) is 14.9 Å². The Bertz CT molecular complexity index is 732. The first-order valence-corrected chi connectivity index (χ1v) is 5.43. The molecular formula is C11H4ClFN4O3. The average molecular weight is 295 g/mol. The first kappa shape index (κ1) is 13.6. The molecule has 1 aromatic heterocycles. The van der Waals surface area contributed by atoms with Gasteiger partial charge in [-0.05, 0) is 23.7 Å². The second-order valence-electron chi connectivity index (χ2n) is 3.44. The minimum absolute atomic E-state index is 0.0561. The van der Waals surface area contributed by atoms with Crippen LogP contribution in [0.1, 0.15) is 5.56 Å². The molecule has 2 rings (SSSR count). The van der Waals surface area contributed by atoms with Crippen LogP contribution in [0.25, 0.3) is 0 Å². The van der Waals surface area contributed by atoms with E-state index in [2.05, 4.69) is 9.97 Å². The summed E-state index contributed by atoms with van der Waals surface area (Å²) < 4.78 is 18.5. The molecular weight excluding hydrogens is 291 g/mol. The minimum atomic E-state index is -0.812. The zero-order chi connectivity index (χ0) is 14.7. The molecule has 0 aliphatic heterocycles. The van der Waals surface area contributed by atoms with E-state index in [1.807, 2.05) is 0 Å². The van der Waals surface area contributed by atoms with Gasteiger partial charge in [-0.25, -0.2) is 9.37 Å². The van der Waals surface area contributed by atoms with E-state index in [1.165, 1.54) is 12.1 Å². The van der Waals surface area contributed by atoms with Crippen LogP contribution in [0.3, 0.4) is 0 Å². The highest BCUT2D eigenvalue weighted by molar-refractivity contribution is 6.28. The first-order chi connectivity index (χ1) is 9.51. The highest BCUT2D eigenvalue weighted by Crippen LogP contribution is 2.30. The Hall–Kier alpha value is -2.79. The van der Waals surface area contributed by atoms with Gasteiger partial charge in [-0.1, -0.05) is 0 Å². The molecule has 9 heteroatoms. The van der Waals surface area contributed by atoms with Crippen molar-refractivity contribution in [2.75, 3.05) is 0 Å². The number of aromatic nitrogens is 2. The van der Waals surface area contributed by atoms with Gasteiger partial charge in [0.2, 0.25) is 5.28 Å². The maximum absolute atomic E-state index is 13.4. The Kier molecular flexibility index (Phi) is 3.72. The van der Waals surface area contributed by atoms with E-state index >= 15 is 0 Å². The van der Waals surface area contributed by atoms with Crippen molar-refractivity contribution in [1.82, 2.24) is 9.97 Å². The maximum atomic E-state index is 13.4. The van der Waals surface area contributed by atoms with Gasteiger partial charge in [0.25, 0.3) is 0 Å². The molecule has 0 fully saturated rings. The zero-order valence-electron chi connectivity index (χ0n) is 9.58. The molecule has 0 spiro atoms. The van der Waals surface area contributed by atoms with Gasteiger partial charge in [0.15, 0.2) is 0 Å². The fourth-order valence-electron chi connectivity index (χ4n) is 1.30. The lowest BCUT2D eigenvalue weighted by atomic mass is 10.2. The predicted octanol–water partition coefficient (Wildman–Crippen LogP) is 2.84. The molecule has 0 aliphatic rings. The maximum Gasteiger partial charge on any atom is 0.349 e. The Morgan fingerprint density at radius 2 is 2.25 bits per heavy atom. The average Bonchev–Trinajstić information content (AvgIpc) is 2.38. The van der Waals surface area contributed by atoms with Gasteiger partial charge in [0, 0.05) is 6.07 Å². The third-order valence-electron chi connectivity index (χ3n) is 2.18. The van der Waals surface area contributed by atoms with E-state index in [0.717, 1.165) is 12.3 Å². The molecule has 0 N–H and O–H groups in total. The Labute approximate surface area is 116 Å². The van der Waals surface area contributed by atoms with Crippen molar-refractivity contribution in [2.24, 2.45) is 0 Å². The summed E-state index contributed by atoms with van der Waals surface area (Å²) >= 11 is 5.52. The zero-order valence-corrected chi connectivity index (χ0v) is 10.3. The van der Waals surface area contributed by atoms with Crippen molar-refractivity contribution in [1.29, 1.82) is 5.26 Å². The molecule has 0 bridgehead atoms. The first-order valence-electron chi connectivity index (χ1n) is 5.05. The summed E-state index contributed by atoms with van der Waals surface area (Å²) in [5.74, 6) is -1.29. The fourth-order valence-corrected chi connectivity index (χ4v) is 1.43. The lowest BCUT2D eigenvalue weighted by Gasteiger charge is -2.05. The van der Waals surface area contributed by atoms with Crippen LogP contribution in [0.2, 0.25) is 5.28 Å². The molecule has 0 atom stereocenters. The van der Waals surface area contributed by atoms with Crippen LogP contribution in [0.4, 0.5) is 10.1 Å². The minimum Gasteiger partial charge on any atom is -0.433 e. The summed E-state index contributed by atoms with van der Waals surface area (Å²) in [4.78, 5) is 17.0. The van der Waals surface area contributed by atoms with E-state index in [4.69, 9.17) is 21.6 Å². The number of nitro groups is 1. The summed E-state index contributed by atoms with van der Waals surface area (Å²) in [6.07, 6.45) is 0.880. The number of hydrogen-bond acceptors (Lipinski definition) is 6. The van der Waals surface area contributed by atoms with Crippen molar-refractivity contribution in [2.45, 2.75) is 0 Å². The van der Waals surface area contributed by atoms with Crippen molar-refractivity contribution in [3.8, 4) is 17.7 Å². The van der Waals surface area contributed by atoms with Crippen molar-refractivity contribution in [3.63, 3.8) is 0 Å². The monoisotopic (exact) mass is 294 g/mol. The highest BCUT2D eigenvalue weighted by atomic mass is 35.5. The molecule has 20 heavy (non-hydrogen) atoms. The summed E-state index contributed by atoms with van der Waals surface area (Å²) in [5, 5.41) is 19.1. The number of halogens is 2. The smallest absolute Gasteiger partial charge is 0.349 e. The van der Waals surface area contributed by atoms with Crippen LogP contribution >= 0.6 is 11.6 Å². The molecule has 0 amide bonds. The van der Waals surface area contributed by atoms with E-state index in [0.29, 0.717) is 0 Å². The molecule has 1 heterocycles. The van der Waals surface area contributed by atoms with E-state index in [9.17, 15) is 14.5 Å². The van der Waals surface area contributed by atoms with Gasteiger partial charge in [0.05, 0.1) is 10.5 Å². The summed E-state index contributed by atoms with van der Waals surface area (Å²) in [5.41, 5.74) is -0.688. The molecule has 0 saturated heterocycles. The summed E-state index contributed by atoms with van der Waals surface area (Å²) in [7, 11) is 0. The largest absolute Gasteiger partial charge is 0.433 e. The molecule has 0 unspecified atom stereocenters. The lowest BCUT2D eigenvalue weighted by molar-refractivity contribution is -0.386. The van der Waals surface area contributed by atoms with Gasteiger partial charge in [-0.2, -0.15) is 10.2 Å². The van der Waals surface area contributed by atoms with Crippen LogP contribution in [0.5, 0.6) is 11.6 Å². The molecule has 0 saturated carbocycles. The number of benzene rings is 1. The number of rotatable bonds is 3. The van der Waals surface area contributed by atoms with E-state index < -0.39 is 22.3 Å². The number of hydrogen-bond donors (Lipinski definition) is 0. The Morgan fingerprint density at radius 3 is 2.85 bits per heavy atom. The quantitative estimate of drug-likeness (QED) is 0.490. The van der Waals surface area contributed by atoms with Gasteiger partial charge in [-0.3, -0.25) is 10.1 Å². The molecule has 100 valence electrons. The lowest BCUT2D eigenvalue weighted by Crippen LogP contribution is -1.98. The van der Waals surface area contributed by atoms with Gasteiger partial charge in [0.1, 0.15) is 23.8 Å². The second kappa shape index (κ2) is 5.46. The molecule has 7 nitrogen and oxygen atoms in total. The van der Waals surface area contributed by atoms with Crippen molar-refractivity contribution < 1.29 is 14.1 Å². The molecule has 1 aromatic carbocycles. The topological polar surface area (TPSA) is 102 Å². The Morgan fingerprint density at radius 1 is 1.50 bits per heavy atom. The van der Waals surface area contributed by atoms with Crippen LogP contribution in [0.15, 0.2) is 24.4 Å². The molecule has 2 aromatic rings. The van der Waals surface area contributed by atoms with Crippen molar-refractivity contribution in [3.05, 3.63) is 51.2 Å². The highest BCUT2D eigenvalue weighted by Gasteiger charge is 2.19. The standard InChI is InChI=1S/C11H4ClFN4O3/c12-11-15-5-9(17(18)19)10(16-11)20-7-2-1-6(4-14)8(13)3-7/h1-3,5H. The predicted molar refractivity (Wildman–Crippen MR) is 64.9 cm³/mol. The van der Waals surface area contributed by atoms with Crippen molar-refractivity contribution >= 4 is 17.3 Å². The normalized spacial score (nSPS) is 9.85. The fraction of sp³-hybridized carbons (Fsp3) is 0. The molecule has 0 aliphatic carbocycles. The number of nitriles is 1. The van der Waals surface area contributed by atoms with Crippen LogP contribution < -0.4 is 4.74 Å². The number of nitrogens with zero attached hydrogens (tertiary/aromatic N) is 4. The number of ether oxygens (including phenoxy) is 1. The van der Waals surface area contributed by atoms with Gasteiger partial charge < -0.3 is 4.74 Å². The van der Waals surface area contributed by atoms with Gasteiger partial charge >= 0.3 is 11.6 Å². The SMILES string of the molecule is N#Cc1ccc(Oc2nc(Cl)ncc2[N+](=O)[O-])cc1F. The van der Waals surface area contributed by atoms with Crippen LogP contribution in [-0.2, 0) is 0 Å². The third kappa shape index (κ3) is 2.78. The summed E-state index contributed by atoms with van der Waals surface area (Å²) in [6.45, 7) is 0. The third-order valence-corrected chi connectivity index (χ3v) is 2.36. The molecule has 0 radical (unpaired) electrons. The second-order valence-corrected chi connectivity index (χ2v) is 3.78. The summed E-state index contributed by atoms with van der Waals surface area (Å²) in [6, 6.07) is 5.01.